The van der Waals surface area contributed by atoms with E-state index < -0.39 is 40.4 Å². The molecular weight excluding hydrogens is 413 g/mol. The van der Waals surface area contributed by atoms with Gasteiger partial charge in [0.05, 0.1) is 20.9 Å². The first kappa shape index (κ1) is 16.8. The highest BCUT2D eigenvalue weighted by molar-refractivity contribution is 7.89. The van der Waals surface area contributed by atoms with Crippen molar-refractivity contribution in [2.24, 2.45) is 0 Å². The maximum atomic E-state index is 13.2. The summed E-state index contributed by atoms with van der Waals surface area (Å²) in [6.45, 7) is -3.40. The lowest BCUT2D eigenvalue weighted by molar-refractivity contribution is -0.122. The summed E-state index contributed by atoms with van der Waals surface area (Å²) in [5.41, 5.74) is 0.0459. The first-order valence-corrected chi connectivity index (χ1v) is 9.69. The first-order chi connectivity index (χ1) is 13.5. The summed E-state index contributed by atoms with van der Waals surface area (Å²) < 4.78 is 48.1. The molecule has 2 aromatic carbocycles. The van der Waals surface area contributed by atoms with Crippen LogP contribution in [-0.2, 0) is 14.8 Å². The zero-order valence-corrected chi connectivity index (χ0v) is 15.9. The molecule has 0 aromatic heterocycles. The Morgan fingerprint density at radius 1 is 1.22 bits per heavy atom. The van der Waals surface area contributed by atoms with Crippen molar-refractivity contribution in [3.63, 3.8) is 0 Å². The Balaban J connectivity index is 2.07. The highest BCUT2D eigenvalue weighted by Gasteiger charge is 2.32. The number of benzene rings is 2. The number of nitriles is 1. The van der Waals surface area contributed by atoms with Crippen molar-refractivity contribution < 1.29 is 20.7 Å². The smallest absolute Gasteiger partial charge is 0.247 e. The fourth-order valence-electron chi connectivity index (χ4n) is 2.37. The van der Waals surface area contributed by atoms with E-state index in [1.54, 1.807) is 0 Å². The number of carbonyl (C=O) groups is 1. The number of sulfonamides is 1. The molecule has 1 saturated heterocycles. The summed E-state index contributed by atoms with van der Waals surface area (Å²) in [6.07, 6.45) is 0. The molecule has 1 amide bonds. The summed E-state index contributed by atoms with van der Waals surface area (Å²) in [6, 6.07) is 9.92. The van der Waals surface area contributed by atoms with Crippen molar-refractivity contribution >= 4 is 39.1 Å². The monoisotopic (exact) mass is 427 g/mol. The molecule has 0 atom stereocenters. The van der Waals surface area contributed by atoms with Gasteiger partial charge in [0.15, 0.2) is 0 Å². The average molecular weight is 428 g/mol. The zero-order chi connectivity index (χ0) is 21.4. The van der Waals surface area contributed by atoms with Crippen LogP contribution in [-0.4, -0.2) is 38.2 Å². The minimum Gasteiger partial charge on any atom is -0.456 e. The van der Waals surface area contributed by atoms with Crippen LogP contribution in [0.15, 0.2) is 41.3 Å². The van der Waals surface area contributed by atoms with Gasteiger partial charge in [-0.3, -0.25) is 4.79 Å². The first-order valence-electron chi connectivity index (χ1n) is 8.49. The molecule has 1 heterocycles. The fraction of sp³-hybridized carbons (Fsp3) is 0.176. The standard InChI is InChI=1S/C17H13Cl2N3O4S/c18-12-6-13(19)8-14(7-12)26-15-2-1-11(9-20)5-16(15)27(24,25)22-4-3-21-17(23)10-22/h1-2,5-8H,3-4,10H2,(H,21,23)/i3D2. The van der Waals surface area contributed by atoms with Crippen molar-refractivity contribution in [1.29, 1.82) is 5.26 Å². The number of ether oxygens (including phenoxy) is 1. The lowest BCUT2D eigenvalue weighted by atomic mass is 10.2. The molecule has 7 nitrogen and oxygen atoms in total. The number of nitrogens with zero attached hydrogens (tertiary/aromatic N) is 2. The van der Waals surface area contributed by atoms with Crippen LogP contribution in [0.3, 0.4) is 0 Å². The van der Waals surface area contributed by atoms with Crippen LogP contribution >= 0.6 is 23.2 Å². The maximum absolute atomic E-state index is 13.2. The molecule has 1 aliphatic rings. The fourth-order valence-corrected chi connectivity index (χ4v) is 4.31. The van der Waals surface area contributed by atoms with E-state index in [2.05, 4.69) is 5.32 Å². The molecule has 140 valence electrons. The number of nitrogens with one attached hydrogen (secondary N) is 1. The zero-order valence-electron chi connectivity index (χ0n) is 15.6. The molecule has 0 unspecified atom stereocenters. The molecule has 27 heavy (non-hydrogen) atoms. The van der Waals surface area contributed by atoms with Crippen LogP contribution in [0.2, 0.25) is 10.0 Å². The van der Waals surface area contributed by atoms with Gasteiger partial charge in [-0.2, -0.15) is 9.57 Å². The van der Waals surface area contributed by atoms with Crippen LogP contribution in [0, 0.1) is 11.3 Å². The van der Waals surface area contributed by atoms with Crippen LogP contribution in [0.4, 0.5) is 0 Å². The Labute approximate surface area is 168 Å². The number of hydrogen-bond acceptors (Lipinski definition) is 5. The third-order valence-corrected chi connectivity index (χ3v) is 5.81. The molecule has 0 spiro atoms. The van der Waals surface area contributed by atoms with Crippen molar-refractivity contribution in [1.82, 2.24) is 9.62 Å². The van der Waals surface area contributed by atoms with Crippen molar-refractivity contribution in [3.05, 3.63) is 52.0 Å². The number of hydrogen-bond donors (Lipinski definition) is 1. The van der Waals surface area contributed by atoms with Gasteiger partial charge in [0.25, 0.3) is 0 Å². The number of rotatable bonds is 4. The van der Waals surface area contributed by atoms with E-state index in [9.17, 15) is 13.2 Å². The third-order valence-electron chi connectivity index (χ3n) is 3.56. The van der Waals surface area contributed by atoms with Gasteiger partial charge in [0, 0.05) is 23.1 Å². The van der Waals surface area contributed by atoms with E-state index in [1.165, 1.54) is 30.3 Å². The minimum atomic E-state index is -4.38. The Bertz CT molecular complexity index is 1120. The highest BCUT2D eigenvalue weighted by Crippen LogP contribution is 2.34. The third kappa shape index (κ3) is 4.34. The number of carbonyl (C=O) groups excluding carboxylic acids is 1. The van der Waals surface area contributed by atoms with Gasteiger partial charge in [-0.25, -0.2) is 8.42 Å². The molecule has 1 aliphatic heterocycles. The quantitative estimate of drug-likeness (QED) is 0.808. The SMILES string of the molecule is [2H]C1([2H])CN(S(=O)(=O)c2cc(C#N)ccc2Oc2cc(Cl)cc(Cl)c2)CC(=O)N1. The summed E-state index contributed by atoms with van der Waals surface area (Å²) >= 11 is 11.9. The molecule has 2 aromatic rings. The predicted molar refractivity (Wildman–Crippen MR) is 99.5 cm³/mol. The number of amides is 1. The van der Waals surface area contributed by atoms with Gasteiger partial charge >= 0.3 is 0 Å². The van der Waals surface area contributed by atoms with Gasteiger partial charge in [0.1, 0.15) is 16.4 Å². The van der Waals surface area contributed by atoms with Crippen LogP contribution in [0.5, 0.6) is 11.5 Å². The summed E-state index contributed by atoms with van der Waals surface area (Å²) in [5.74, 6) is -0.755. The van der Waals surface area contributed by atoms with E-state index in [0.29, 0.717) is 4.31 Å². The van der Waals surface area contributed by atoms with Gasteiger partial charge in [-0.15, -0.1) is 0 Å². The van der Waals surface area contributed by atoms with Gasteiger partial charge in [-0.1, -0.05) is 23.2 Å². The largest absolute Gasteiger partial charge is 0.456 e. The van der Waals surface area contributed by atoms with Gasteiger partial charge in [-0.05, 0) is 36.4 Å². The lowest BCUT2D eigenvalue weighted by Crippen LogP contribution is -2.49. The second-order valence-corrected chi connectivity index (χ2v) is 8.26. The van der Waals surface area contributed by atoms with Gasteiger partial charge in [0.2, 0.25) is 15.9 Å². The molecule has 1 fully saturated rings. The van der Waals surface area contributed by atoms with Crippen molar-refractivity contribution in [3.8, 4) is 17.6 Å². The Morgan fingerprint density at radius 2 is 1.93 bits per heavy atom. The maximum Gasteiger partial charge on any atom is 0.247 e. The summed E-state index contributed by atoms with van der Waals surface area (Å²) in [7, 11) is -4.38. The van der Waals surface area contributed by atoms with Crippen molar-refractivity contribution in [2.75, 3.05) is 19.6 Å². The Hall–Kier alpha value is -2.31. The summed E-state index contributed by atoms with van der Waals surface area (Å²) in [4.78, 5) is 11.4. The van der Waals surface area contributed by atoms with Crippen molar-refractivity contribution in [2.45, 2.75) is 4.90 Å². The van der Waals surface area contributed by atoms with E-state index >= 15 is 0 Å². The number of halogens is 2. The van der Waals surface area contributed by atoms with Crippen LogP contribution < -0.4 is 10.1 Å². The summed E-state index contributed by atoms with van der Waals surface area (Å²) in [5, 5.41) is 11.8. The second-order valence-electron chi connectivity index (χ2n) is 5.48. The van der Waals surface area contributed by atoms with E-state index in [0.717, 1.165) is 6.07 Å². The minimum absolute atomic E-state index is 0.0459. The van der Waals surface area contributed by atoms with E-state index in [4.69, 9.17) is 35.9 Å². The average Bonchev–Trinajstić information content (AvgIpc) is 2.59. The Morgan fingerprint density at radius 3 is 2.56 bits per heavy atom. The molecule has 0 bridgehead atoms. The molecule has 0 radical (unpaired) electrons. The molecular formula is C17H13Cl2N3O4S. The molecule has 10 heteroatoms. The number of piperazine rings is 1. The predicted octanol–water partition coefficient (Wildman–Crippen LogP) is 2.78. The lowest BCUT2D eigenvalue weighted by Gasteiger charge is -2.26. The molecule has 3 rings (SSSR count). The van der Waals surface area contributed by atoms with Crippen LogP contribution in [0.25, 0.3) is 0 Å². The molecule has 0 aliphatic carbocycles. The molecule has 0 saturated carbocycles. The van der Waals surface area contributed by atoms with Crippen LogP contribution in [0.1, 0.15) is 8.30 Å². The molecule has 1 N–H and O–H groups in total. The van der Waals surface area contributed by atoms with Gasteiger partial charge < -0.3 is 10.1 Å². The van der Waals surface area contributed by atoms with E-state index in [1.807, 2.05) is 6.07 Å². The topological polar surface area (TPSA) is 99.5 Å². The normalized spacial score (nSPS) is 18.0. The Kier molecular flexibility index (Phi) is 4.83. The highest BCUT2D eigenvalue weighted by atomic mass is 35.5. The second kappa shape index (κ2) is 7.74. The van der Waals surface area contributed by atoms with E-state index in [-0.39, 0.29) is 27.1 Å².